The zero-order valence-corrected chi connectivity index (χ0v) is 14.4. The molecule has 6 heteroatoms. The third kappa shape index (κ3) is 6.04. The van der Waals surface area contributed by atoms with Crippen molar-refractivity contribution in [1.82, 2.24) is 0 Å². The summed E-state index contributed by atoms with van der Waals surface area (Å²) in [5.74, 6) is 0.440. The van der Waals surface area contributed by atoms with Gasteiger partial charge in [0.2, 0.25) is 5.91 Å². The number of amides is 1. The molecule has 0 fully saturated rings. The molecule has 0 aliphatic carbocycles. The summed E-state index contributed by atoms with van der Waals surface area (Å²) in [5, 5.41) is 2.74. The minimum absolute atomic E-state index is 0.00530. The molecule has 128 valence electrons. The SMILES string of the molecule is COc1cccc(NC(=O)CCCS(=O)(=O)Cc2ccccc2)c1. The second kappa shape index (κ2) is 8.49. The Kier molecular flexibility index (Phi) is 6.37. The van der Waals surface area contributed by atoms with Crippen molar-refractivity contribution in [3.8, 4) is 5.75 Å². The van der Waals surface area contributed by atoms with Gasteiger partial charge in [-0.25, -0.2) is 8.42 Å². The first-order chi connectivity index (χ1) is 11.5. The average molecular weight is 347 g/mol. The summed E-state index contributed by atoms with van der Waals surface area (Å²) >= 11 is 0. The van der Waals surface area contributed by atoms with Crippen LogP contribution in [0, 0.1) is 0 Å². The van der Waals surface area contributed by atoms with Crippen LogP contribution >= 0.6 is 0 Å². The molecule has 2 rings (SSSR count). The molecule has 2 aromatic rings. The van der Waals surface area contributed by atoms with E-state index in [9.17, 15) is 13.2 Å². The molecule has 5 nitrogen and oxygen atoms in total. The summed E-state index contributed by atoms with van der Waals surface area (Å²) in [6, 6.07) is 16.1. The Labute approximate surface area is 142 Å². The molecule has 0 saturated heterocycles. The summed E-state index contributed by atoms with van der Waals surface area (Å²) in [6.45, 7) is 0. The van der Waals surface area contributed by atoms with Crippen molar-refractivity contribution in [3.63, 3.8) is 0 Å². The maximum absolute atomic E-state index is 12.1. The minimum Gasteiger partial charge on any atom is -0.497 e. The lowest BCUT2D eigenvalue weighted by Gasteiger charge is -2.07. The van der Waals surface area contributed by atoms with Crippen LogP contribution < -0.4 is 10.1 Å². The van der Waals surface area contributed by atoms with E-state index in [0.29, 0.717) is 17.9 Å². The number of anilines is 1. The van der Waals surface area contributed by atoms with Crippen LogP contribution in [0.3, 0.4) is 0 Å². The van der Waals surface area contributed by atoms with Gasteiger partial charge in [-0.05, 0) is 24.1 Å². The highest BCUT2D eigenvalue weighted by molar-refractivity contribution is 7.90. The van der Waals surface area contributed by atoms with Gasteiger partial charge in [-0.3, -0.25) is 4.79 Å². The van der Waals surface area contributed by atoms with E-state index in [2.05, 4.69) is 5.32 Å². The van der Waals surface area contributed by atoms with Gasteiger partial charge in [-0.15, -0.1) is 0 Å². The molecule has 1 amide bonds. The molecule has 24 heavy (non-hydrogen) atoms. The smallest absolute Gasteiger partial charge is 0.224 e. The van der Waals surface area contributed by atoms with Gasteiger partial charge in [0.25, 0.3) is 0 Å². The molecule has 0 heterocycles. The summed E-state index contributed by atoms with van der Waals surface area (Å²) in [6.07, 6.45) is 0.455. The van der Waals surface area contributed by atoms with Gasteiger partial charge in [0.1, 0.15) is 5.75 Å². The van der Waals surface area contributed by atoms with Crippen LogP contribution in [0.1, 0.15) is 18.4 Å². The molecule has 2 aromatic carbocycles. The lowest BCUT2D eigenvalue weighted by Crippen LogP contribution is -2.15. The number of hydrogen-bond acceptors (Lipinski definition) is 4. The molecule has 0 atom stereocenters. The van der Waals surface area contributed by atoms with Gasteiger partial charge in [0.15, 0.2) is 9.84 Å². The number of hydrogen-bond donors (Lipinski definition) is 1. The van der Waals surface area contributed by atoms with E-state index in [1.54, 1.807) is 43.5 Å². The fourth-order valence-corrected chi connectivity index (χ4v) is 3.71. The Bertz CT molecular complexity index is 773. The predicted molar refractivity (Wildman–Crippen MR) is 94.8 cm³/mol. The number of ether oxygens (including phenoxy) is 1. The quantitative estimate of drug-likeness (QED) is 0.797. The van der Waals surface area contributed by atoms with Crippen molar-refractivity contribution in [3.05, 3.63) is 60.2 Å². The van der Waals surface area contributed by atoms with E-state index < -0.39 is 9.84 Å². The predicted octanol–water partition coefficient (Wildman–Crippen LogP) is 3.03. The first-order valence-corrected chi connectivity index (χ1v) is 9.49. The largest absolute Gasteiger partial charge is 0.497 e. The number of carbonyl (C=O) groups excluding carboxylic acids is 1. The van der Waals surface area contributed by atoms with Crippen LogP contribution in [0.4, 0.5) is 5.69 Å². The third-order valence-electron chi connectivity index (χ3n) is 3.44. The number of sulfone groups is 1. The van der Waals surface area contributed by atoms with E-state index in [1.807, 2.05) is 18.2 Å². The summed E-state index contributed by atoms with van der Waals surface area (Å²) < 4.78 is 29.2. The van der Waals surface area contributed by atoms with Gasteiger partial charge in [-0.2, -0.15) is 0 Å². The zero-order chi connectivity index (χ0) is 17.4. The van der Waals surface area contributed by atoms with E-state index in [4.69, 9.17) is 4.74 Å². The molecular formula is C18H21NO4S. The first-order valence-electron chi connectivity index (χ1n) is 7.67. The van der Waals surface area contributed by atoms with Crippen molar-refractivity contribution in [2.75, 3.05) is 18.2 Å². The van der Waals surface area contributed by atoms with Gasteiger partial charge < -0.3 is 10.1 Å². The Morgan fingerprint density at radius 1 is 1.08 bits per heavy atom. The molecule has 0 unspecified atom stereocenters. The molecule has 0 saturated carbocycles. The van der Waals surface area contributed by atoms with Crippen molar-refractivity contribution >= 4 is 21.4 Å². The summed E-state index contributed by atoms with van der Waals surface area (Å²) in [4.78, 5) is 11.9. The monoisotopic (exact) mass is 347 g/mol. The zero-order valence-electron chi connectivity index (χ0n) is 13.6. The van der Waals surface area contributed by atoms with Crippen LogP contribution in [-0.4, -0.2) is 27.2 Å². The topological polar surface area (TPSA) is 72.5 Å². The molecule has 0 radical (unpaired) electrons. The molecule has 0 aliphatic heterocycles. The van der Waals surface area contributed by atoms with Crippen LogP contribution in [0.2, 0.25) is 0 Å². The van der Waals surface area contributed by atoms with Gasteiger partial charge in [-0.1, -0.05) is 36.4 Å². The van der Waals surface area contributed by atoms with E-state index >= 15 is 0 Å². The van der Waals surface area contributed by atoms with Gasteiger partial charge in [0.05, 0.1) is 18.6 Å². The van der Waals surface area contributed by atoms with E-state index in [1.165, 1.54) is 0 Å². The Balaban J connectivity index is 1.79. The molecule has 0 spiro atoms. The lowest BCUT2D eigenvalue weighted by atomic mass is 10.2. The fourth-order valence-electron chi connectivity index (χ4n) is 2.28. The van der Waals surface area contributed by atoms with Crippen LogP contribution in [0.15, 0.2) is 54.6 Å². The van der Waals surface area contributed by atoms with Crippen molar-refractivity contribution in [2.45, 2.75) is 18.6 Å². The van der Waals surface area contributed by atoms with Crippen molar-refractivity contribution < 1.29 is 17.9 Å². The van der Waals surface area contributed by atoms with Crippen molar-refractivity contribution in [1.29, 1.82) is 0 Å². The molecule has 0 aliphatic rings. The standard InChI is InChI=1S/C18H21NO4S/c1-23-17-10-5-9-16(13-17)19-18(20)11-6-12-24(21,22)14-15-7-3-2-4-8-15/h2-5,7-10,13H,6,11-12,14H2,1H3,(H,19,20). The highest BCUT2D eigenvalue weighted by Crippen LogP contribution is 2.17. The lowest BCUT2D eigenvalue weighted by molar-refractivity contribution is -0.116. The molecule has 0 bridgehead atoms. The molecule has 0 aromatic heterocycles. The summed E-state index contributed by atoms with van der Waals surface area (Å²) in [5.41, 5.74) is 1.39. The third-order valence-corrected chi connectivity index (χ3v) is 5.13. The van der Waals surface area contributed by atoms with E-state index in [-0.39, 0.29) is 23.8 Å². The second-order valence-corrected chi connectivity index (χ2v) is 7.65. The highest BCUT2D eigenvalue weighted by Gasteiger charge is 2.13. The second-order valence-electron chi connectivity index (χ2n) is 5.46. The number of rotatable bonds is 8. The van der Waals surface area contributed by atoms with E-state index in [0.717, 1.165) is 5.56 Å². The average Bonchev–Trinajstić information content (AvgIpc) is 2.55. The van der Waals surface area contributed by atoms with Crippen LogP contribution in [-0.2, 0) is 20.4 Å². The van der Waals surface area contributed by atoms with Crippen molar-refractivity contribution in [2.24, 2.45) is 0 Å². The number of nitrogens with one attached hydrogen (secondary N) is 1. The maximum atomic E-state index is 12.1. The van der Waals surface area contributed by atoms with Crippen LogP contribution in [0.5, 0.6) is 5.75 Å². The van der Waals surface area contributed by atoms with Gasteiger partial charge in [0, 0.05) is 18.2 Å². The van der Waals surface area contributed by atoms with Gasteiger partial charge >= 0.3 is 0 Å². The Hall–Kier alpha value is -2.34. The summed E-state index contributed by atoms with van der Waals surface area (Å²) in [7, 11) is -1.66. The Morgan fingerprint density at radius 2 is 1.83 bits per heavy atom. The minimum atomic E-state index is -3.21. The number of carbonyl (C=O) groups is 1. The highest BCUT2D eigenvalue weighted by atomic mass is 32.2. The fraction of sp³-hybridized carbons (Fsp3) is 0.278. The van der Waals surface area contributed by atoms with Crippen LogP contribution in [0.25, 0.3) is 0 Å². The first kappa shape index (κ1) is 18.0. The number of benzene rings is 2. The number of methoxy groups -OCH3 is 1. The molecular weight excluding hydrogens is 326 g/mol. The Morgan fingerprint density at radius 3 is 2.54 bits per heavy atom. The maximum Gasteiger partial charge on any atom is 0.224 e. The molecule has 1 N–H and O–H groups in total. The normalized spacial score (nSPS) is 11.0.